The monoisotopic (exact) mass is 425 g/mol. The van der Waals surface area contributed by atoms with Crippen molar-refractivity contribution in [1.29, 1.82) is 0 Å². The molecule has 0 aliphatic heterocycles. The van der Waals surface area contributed by atoms with E-state index in [0.717, 1.165) is 11.8 Å². The number of thioether (sulfide) groups is 1. The van der Waals surface area contributed by atoms with Gasteiger partial charge in [-0.15, -0.1) is 11.8 Å². The van der Waals surface area contributed by atoms with Gasteiger partial charge < -0.3 is 0 Å². The van der Waals surface area contributed by atoms with Gasteiger partial charge in [0.05, 0.1) is 10.6 Å². The first-order valence-electron chi connectivity index (χ1n) is 8.39. The van der Waals surface area contributed by atoms with Crippen molar-refractivity contribution in [3.05, 3.63) is 59.9 Å². The molecule has 2 aromatic carbocycles. The SMILES string of the molecule is CCCNS(=O)(=O)c1cccc(C(=O)NNC(=O)CSc2ccccc2F)c1. The number of amides is 2. The number of carbonyl (C=O) groups excluding carboxylic acids is 2. The summed E-state index contributed by atoms with van der Waals surface area (Å²) >= 11 is 0.990. The van der Waals surface area contributed by atoms with Crippen LogP contribution in [-0.2, 0) is 14.8 Å². The Balaban J connectivity index is 1.91. The lowest BCUT2D eigenvalue weighted by Gasteiger charge is -2.09. The van der Waals surface area contributed by atoms with Gasteiger partial charge in [-0.2, -0.15) is 0 Å². The molecule has 0 saturated heterocycles. The maximum Gasteiger partial charge on any atom is 0.269 e. The summed E-state index contributed by atoms with van der Waals surface area (Å²) in [5.74, 6) is -1.73. The summed E-state index contributed by atoms with van der Waals surface area (Å²) in [4.78, 5) is 24.3. The van der Waals surface area contributed by atoms with Crippen LogP contribution in [0.4, 0.5) is 4.39 Å². The summed E-state index contributed by atoms with van der Waals surface area (Å²) in [5, 5.41) is 0. The lowest BCUT2D eigenvalue weighted by atomic mass is 10.2. The van der Waals surface area contributed by atoms with Crippen LogP contribution in [0.15, 0.2) is 58.3 Å². The number of hydrogen-bond donors (Lipinski definition) is 3. The van der Waals surface area contributed by atoms with Gasteiger partial charge in [-0.1, -0.05) is 25.1 Å². The predicted octanol–water partition coefficient (Wildman–Crippen LogP) is 2.07. The molecule has 0 unspecified atom stereocenters. The molecule has 0 radical (unpaired) electrons. The number of rotatable bonds is 8. The molecule has 28 heavy (non-hydrogen) atoms. The van der Waals surface area contributed by atoms with Crippen molar-refractivity contribution in [3.8, 4) is 0 Å². The third-order valence-electron chi connectivity index (χ3n) is 3.46. The summed E-state index contributed by atoms with van der Waals surface area (Å²) in [6.45, 7) is 2.12. The number of hydrogen-bond acceptors (Lipinski definition) is 5. The molecule has 0 heterocycles. The molecule has 0 aliphatic rings. The van der Waals surface area contributed by atoms with E-state index in [1.54, 1.807) is 18.2 Å². The standard InChI is InChI=1S/C18H20FN3O4S2/c1-2-10-20-28(25,26)14-7-5-6-13(11-14)18(24)22-21-17(23)12-27-16-9-4-3-8-15(16)19/h3-9,11,20H,2,10,12H2,1H3,(H,21,23)(H,22,24). The van der Waals surface area contributed by atoms with E-state index in [9.17, 15) is 22.4 Å². The van der Waals surface area contributed by atoms with Crippen LogP contribution in [0.25, 0.3) is 0 Å². The smallest absolute Gasteiger partial charge is 0.269 e. The molecule has 10 heteroatoms. The summed E-state index contributed by atoms with van der Waals surface area (Å²) in [6.07, 6.45) is 0.635. The van der Waals surface area contributed by atoms with E-state index >= 15 is 0 Å². The van der Waals surface area contributed by atoms with Gasteiger partial charge in [0.25, 0.3) is 5.91 Å². The highest BCUT2D eigenvalue weighted by atomic mass is 32.2. The Morgan fingerprint density at radius 1 is 1.07 bits per heavy atom. The fourth-order valence-electron chi connectivity index (χ4n) is 2.06. The first-order valence-corrected chi connectivity index (χ1v) is 10.9. The van der Waals surface area contributed by atoms with Crippen molar-refractivity contribution in [2.24, 2.45) is 0 Å². The number of halogens is 1. The van der Waals surface area contributed by atoms with Gasteiger partial charge in [0, 0.05) is 17.0 Å². The highest BCUT2D eigenvalue weighted by molar-refractivity contribution is 8.00. The Bertz CT molecular complexity index is 951. The number of sulfonamides is 1. The predicted molar refractivity (Wildman–Crippen MR) is 105 cm³/mol. The average molecular weight is 426 g/mol. The minimum absolute atomic E-state index is 0.0463. The Morgan fingerprint density at radius 2 is 1.82 bits per heavy atom. The van der Waals surface area contributed by atoms with Crippen LogP contribution in [0, 0.1) is 5.82 Å². The van der Waals surface area contributed by atoms with Crippen molar-refractivity contribution in [1.82, 2.24) is 15.6 Å². The average Bonchev–Trinajstić information content (AvgIpc) is 2.70. The molecule has 0 fully saturated rings. The molecular formula is C18H20FN3O4S2. The van der Waals surface area contributed by atoms with E-state index in [1.165, 1.54) is 30.3 Å². The zero-order valence-corrected chi connectivity index (χ0v) is 16.7. The summed E-state index contributed by atoms with van der Waals surface area (Å²) < 4.78 is 40.2. The summed E-state index contributed by atoms with van der Waals surface area (Å²) in [6, 6.07) is 11.5. The first-order chi connectivity index (χ1) is 13.3. The maximum absolute atomic E-state index is 13.5. The van der Waals surface area contributed by atoms with Crippen LogP contribution in [0.2, 0.25) is 0 Å². The topological polar surface area (TPSA) is 104 Å². The van der Waals surface area contributed by atoms with Gasteiger partial charge in [-0.25, -0.2) is 17.5 Å². The van der Waals surface area contributed by atoms with E-state index in [1.807, 2.05) is 6.92 Å². The van der Waals surface area contributed by atoms with E-state index in [2.05, 4.69) is 15.6 Å². The van der Waals surface area contributed by atoms with E-state index < -0.39 is 27.7 Å². The Morgan fingerprint density at radius 3 is 2.54 bits per heavy atom. The zero-order chi connectivity index (χ0) is 20.6. The molecule has 2 amide bonds. The molecule has 0 aromatic heterocycles. The van der Waals surface area contributed by atoms with E-state index in [-0.39, 0.29) is 22.8 Å². The van der Waals surface area contributed by atoms with Gasteiger partial charge >= 0.3 is 0 Å². The number of benzene rings is 2. The molecule has 0 bridgehead atoms. The van der Waals surface area contributed by atoms with Crippen LogP contribution >= 0.6 is 11.8 Å². The minimum Gasteiger partial charge on any atom is -0.272 e. The Hall–Kier alpha value is -2.43. The number of nitrogens with one attached hydrogen (secondary N) is 3. The number of hydrazine groups is 1. The normalized spacial score (nSPS) is 11.1. The molecule has 2 rings (SSSR count). The van der Waals surface area contributed by atoms with Gasteiger partial charge in [0.2, 0.25) is 15.9 Å². The van der Waals surface area contributed by atoms with Crippen LogP contribution in [-0.4, -0.2) is 32.5 Å². The van der Waals surface area contributed by atoms with Gasteiger partial charge in [0.15, 0.2) is 0 Å². The van der Waals surface area contributed by atoms with Crippen molar-refractivity contribution >= 4 is 33.6 Å². The quantitative estimate of drug-likeness (QED) is 0.444. The summed E-state index contributed by atoms with van der Waals surface area (Å²) in [5.41, 5.74) is 4.50. The molecule has 0 aliphatic carbocycles. The maximum atomic E-state index is 13.5. The fraction of sp³-hybridized carbons (Fsp3) is 0.222. The Kier molecular flexibility index (Phi) is 7.97. The molecule has 0 spiro atoms. The molecular weight excluding hydrogens is 405 g/mol. The van der Waals surface area contributed by atoms with E-state index in [0.29, 0.717) is 11.3 Å². The van der Waals surface area contributed by atoms with Crippen molar-refractivity contribution in [2.45, 2.75) is 23.1 Å². The van der Waals surface area contributed by atoms with Crippen molar-refractivity contribution in [2.75, 3.05) is 12.3 Å². The van der Waals surface area contributed by atoms with Gasteiger partial charge in [-0.3, -0.25) is 20.4 Å². The second kappa shape index (κ2) is 10.2. The largest absolute Gasteiger partial charge is 0.272 e. The molecule has 0 atom stereocenters. The number of carbonyl (C=O) groups is 2. The highest BCUT2D eigenvalue weighted by Crippen LogP contribution is 2.20. The molecule has 150 valence electrons. The van der Waals surface area contributed by atoms with Gasteiger partial charge in [0.1, 0.15) is 5.82 Å². The second-order valence-electron chi connectivity index (χ2n) is 5.65. The lowest BCUT2D eigenvalue weighted by Crippen LogP contribution is -2.42. The van der Waals surface area contributed by atoms with Crippen LogP contribution in [0.5, 0.6) is 0 Å². The van der Waals surface area contributed by atoms with Gasteiger partial charge in [-0.05, 0) is 36.8 Å². The first kappa shape index (κ1) is 21.9. The molecule has 2 aromatic rings. The second-order valence-corrected chi connectivity index (χ2v) is 8.43. The molecule has 3 N–H and O–H groups in total. The summed E-state index contributed by atoms with van der Waals surface area (Å²) in [7, 11) is -3.71. The van der Waals surface area contributed by atoms with Crippen LogP contribution < -0.4 is 15.6 Å². The fourth-order valence-corrected chi connectivity index (χ4v) is 3.98. The van der Waals surface area contributed by atoms with Crippen LogP contribution in [0.1, 0.15) is 23.7 Å². The van der Waals surface area contributed by atoms with E-state index in [4.69, 9.17) is 0 Å². The van der Waals surface area contributed by atoms with Crippen molar-refractivity contribution in [3.63, 3.8) is 0 Å². The molecule has 7 nitrogen and oxygen atoms in total. The Labute approximate surface area is 167 Å². The van der Waals surface area contributed by atoms with Crippen molar-refractivity contribution < 1.29 is 22.4 Å². The lowest BCUT2D eigenvalue weighted by molar-refractivity contribution is -0.119. The van der Waals surface area contributed by atoms with Crippen LogP contribution in [0.3, 0.4) is 0 Å². The zero-order valence-electron chi connectivity index (χ0n) is 15.1. The third-order valence-corrected chi connectivity index (χ3v) is 5.97. The minimum atomic E-state index is -3.71. The highest BCUT2D eigenvalue weighted by Gasteiger charge is 2.16. The third kappa shape index (κ3) is 6.32. The molecule has 0 saturated carbocycles.